The smallest absolute Gasteiger partial charge is 0.321 e. The summed E-state index contributed by atoms with van der Waals surface area (Å²) in [7, 11) is -4.08. The fourth-order valence-corrected chi connectivity index (χ4v) is 4.71. The van der Waals surface area contributed by atoms with E-state index in [1.54, 1.807) is 26.0 Å². The molecule has 3 rings (SSSR count). The summed E-state index contributed by atoms with van der Waals surface area (Å²) in [5.41, 5.74) is 0.672. The van der Waals surface area contributed by atoms with Crippen molar-refractivity contribution in [1.82, 2.24) is 0 Å². The Labute approximate surface area is 194 Å². The Morgan fingerprint density at radius 1 is 0.909 bits per heavy atom. The minimum absolute atomic E-state index is 0.120. The molecule has 0 fully saturated rings. The van der Waals surface area contributed by atoms with Crippen LogP contribution in [0, 0.1) is 20.8 Å². The summed E-state index contributed by atoms with van der Waals surface area (Å²) in [5, 5.41) is 2.05. The summed E-state index contributed by atoms with van der Waals surface area (Å²) in [4.78, 5) is 12.5. The Morgan fingerprint density at radius 2 is 1.61 bits per heavy atom. The molecule has 0 heterocycles. The predicted octanol–water partition coefficient (Wildman–Crippen LogP) is 6.34. The summed E-state index contributed by atoms with van der Waals surface area (Å²) >= 11 is 5.67. The van der Waals surface area contributed by atoms with Crippen LogP contribution in [-0.4, -0.2) is 14.3 Å². The van der Waals surface area contributed by atoms with Crippen LogP contribution in [0.2, 0.25) is 5.02 Å². The Kier molecular flexibility index (Phi) is 6.76. The summed E-state index contributed by atoms with van der Waals surface area (Å²) in [6, 6.07) is 12.0. The summed E-state index contributed by atoms with van der Waals surface area (Å²) in [5.74, 6) is -0.897. The van der Waals surface area contributed by atoms with Crippen LogP contribution in [0.25, 0.3) is 0 Å². The van der Waals surface area contributed by atoms with Crippen molar-refractivity contribution in [3.05, 3.63) is 87.4 Å². The van der Waals surface area contributed by atoms with Gasteiger partial charge in [0, 0.05) is 10.6 Å². The van der Waals surface area contributed by atoms with Crippen LogP contribution in [-0.2, 0) is 16.2 Å². The number of sulfonamides is 1. The van der Waals surface area contributed by atoms with Gasteiger partial charge in [0.05, 0.1) is 21.8 Å². The number of carbonyl (C=O) groups is 1. The largest absolute Gasteiger partial charge is 0.418 e. The summed E-state index contributed by atoms with van der Waals surface area (Å²) < 4.78 is 68.6. The molecule has 3 aromatic rings. The standard InChI is InChI=1S/C23H20ClF3N2O3S/c1-13-5-4-6-19(15(13)3)29-33(31,32)21-11-16(8-7-14(21)2)22(30)28-20-10-9-17(24)12-18(20)23(25,26)27/h4-12,29H,1-3H3,(H,28,30). The van der Waals surface area contributed by atoms with Crippen molar-refractivity contribution in [3.8, 4) is 0 Å². The van der Waals surface area contributed by atoms with Crippen molar-refractivity contribution in [1.29, 1.82) is 0 Å². The monoisotopic (exact) mass is 496 g/mol. The molecule has 33 heavy (non-hydrogen) atoms. The Morgan fingerprint density at radius 3 is 2.27 bits per heavy atom. The third kappa shape index (κ3) is 5.48. The predicted molar refractivity (Wildman–Crippen MR) is 122 cm³/mol. The molecule has 174 valence electrons. The van der Waals surface area contributed by atoms with Crippen LogP contribution in [0.3, 0.4) is 0 Å². The van der Waals surface area contributed by atoms with E-state index in [-0.39, 0.29) is 15.5 Å². The van der Waals surface area contributed by atoms with Gasteiger partial charge in [-0.15, -0.1) is 0 Å². The van der Waals surface area contributed by atoms with E-state index in [4.69, 9.17) is 11.6 Å². The summed E-state index contributed by atoms with van der Waals surface area (Å²) in [6.07, 6.45) is -4.75. The Balaban J connectivity index is 1.95. The lowest BCUT2D eigenvalue weighted by molar-refractivity contribution is -0.136. The maximum atomic E-state index is 13.3. The lowest BCUT2D eigenvalue weighted by atomic mass is 10.1. The van der Waals surface area contributed by atoms with Crippen LogP contribution < -0.4 is 10.0 Å². The average Bonchev–Trinajstić information content (AvgIpc) is 2.72. The molecule has 0 aliphatic rings. The van der Waals surface area contributed by atoms with Gasteiger partial charge in [-0.05, 0) is 73.9 Å². The van der Waals surface area contributed by atoms with Gasteiger partial charge in [0.1, 0.15) is 0 Å². The van der Waals surface area contributed by atoms with E-state index in [9.17, 15) is 26.4 Å². The van der Waals surface area contributed by atoms with Gasteiger partial charge in [-0.1, -0.05) is 29.8 Å². The fourth-order valence-electron chi connectivity index (χ4n) is 3.15. The molecule has 0 atom stereocenters. The van der Waals surface area contributed by atoms with Gasteiger partial charge in [-0.2, -0.15) is 13.2 Å². The van der Waals surface area contributed by atoms with Gasteiger partial charge in [-0.25, -0.2) is 8.42 Å². The molecule has 0 bridgehead atoms. The first-order valence-corrected chi connectivity index (χ1v) is 11.5. The molecule has 0 unspecified atom stereocenters. The molecule has 0 spiro atoms. The van der Waals surface area contributed by atoms with Gasteiger partial charge in [0.25, 0.3) is 15.9 Å². The lowest BCUT2D eigenvalue weighted by Crippen LogP contribution is -2.19. The molecular formula is C23H20ClF3N2O3S. The zero-order chi connectivity index (χ0) is 24.6. The first kappa shape index (κ1) is 24.6. The molecule has 1 amide bonds. The van der Waals surface area contributed by atoms with Gasteiger partial charge >= 0.3 is 6.18 Å². The molecule has 0 aromatic heterocycles. The molecule has 0 radical (unpaired) electrons. The molecule has 3 aromatic carbocycles. The van der Waals surface area contributed by atoms with Crippen molar-refractivity contribution < 1.29 is 26.4 Å². The fraction of sp³-hybridized carbons (Fsp3) is 0.174. The van der Waals surface area contributed by atoms with Gasteiger partial charge in [-0.3, -0.25) is 9.52 Å². The van der Waals surface area contributed by atoms with E-state index < -0.39 is 33.4 Å². The number of hydrogen-bond acceptors (Lipinski definition) is 3. The first-order chi connectivity index (χ1) is 15.3. The minimum Gasteiger partial charge on any atom is -0.321 e. The highest BCUT2D eigenvalue weighted by Gasteiger charge is 2.34. The molecule has 0 saturated carbocycles. The Hall–Kier alpha value is -3.04. The zero-order valence-electron chi connectivity index (χ0n) is 17.8. The van der Waals surface area contributed by atoms with Gasteiger partial charge in [0.2, 0.25) is 0 Å². The van der Waals surface area contributed by atoms with Gasteiger partial charge in [0.15, 0.2) is 0 Å². The number of hydrogen-bond donors (Lipinski definition) is 2. The maximum absolute atomic E-state index is 13.3. The van der Waals surface area contributed by atoms with E-state index in [2.05, 4.69) is 10.0 Å². The third-order valence-electron chi connectivity index (χ3n) is 5.12. The molecule has 0 aliphatic heterocycles. The number of halogens is 4. The molecule has 0 aliphatic carbocycles. The lowest BCUT2D eigenvalue weighted by Gasteiger charge is -2.16. The van der Waals surface area contributed by atoms with Crippen LogP contribution >= 0.6 is 11.6 Å². The quantitative estimate of drug-likeness (QED) is 0.433. The van der Waals surface area contributed by atoms with E-state index in [1.165, 1.54) is 18.2 Å². The number of anilines is 2. The second kappa shape index (κ2) is 9.07. The highest BCUT2D eigenvalue weighted by atomic mass is 35.5. The average molecular weight is 497 g/mol. The second-order valence-corrected chi connectivity index (χ2v) is 9.56. The topological polar surface area (TPSA) is 75.3 Å². The van der Waals surface area contributed by atoms with Crippen molar-refractivity contribution in [2.75, 3.05) is 10.0 Å². The number of nitrogens with one attached hydrogen (secondary N) is 2. The molecule has 5 nitrogen and oxygen atoms in total. The normalized spacial score (nSPS) is 11.8. The number of alkyl halides is 3. The molecule has 10 heteroatoms. The van der Waals surface area contributed by atoms with Crippen molar-refractivity contribution in [2.45, 2.75) is 31.8 Å². The van der Waals surface area contributed by atoms with Crippen LogP contribution in [0.5, 0.6) is 0 Å². The second-order valence-electron chi connectivity index (χ2n) is 7.48. The maximum Gasteiger partial charge on any atom is 0.418 e. The number of aryl methyl sites for hydroxylation is 2. The number of amides is 1. The third-order valence-corrected chi connectivity index (χ3v) is 6.87. The molecular weight excluding hydrogens is 477 g/mol. The van der Waals surface area contributed by atoms with Crippen LogP contribution in [0.1, 0.15) is 32.6 Å². The molecule has 0 saturated heterocycles. The Bertz CT molecular complexity index is 1340. The SMILES string of the molecule is Cc1ccc(C(=O)Nc2ccc(Cl)cc2C(F)(F)F)cc1S(=O)(=O)Nc1cccc(C)c1C. The van der Waals surface area contributed by atoms with E-state index in [0.717, 1.165) is 23.3 Å². The van der Waals surface area contributed by atoms with E-state index in [1.807, 2.05) is 13.0 Å². The highest BCUT2D eigenvalue weighted by Crippen LogP contribution is 2.36. The number of rotatable bonds is 5. The van der Waals surface area contributed by atoms with E-state index >= 15 is 0 Å². The van der Waals surface area contributed by atoms with Crippen LogP contribution in [0.4, 0.5) is 24.5 Å². The summed E-state index contributed by atoms with van der Waals surface area (Å²) in [6.45, 7) is 5.17. The molecule has 2 N–H and O–H groups in total. The van der Waals surface area contributed by atoms with E-state index in [0.29, 0.717) is 17.3 Å². The highest BCUT2D eigenvalue weighted by molar-refractivity contribution is 7.92. The number of benzene rings is 3. The van der Waals surface area contributed by atoms with Crippen molar-refractivity contribution in [3.63, 3.8) is 0 Å². The minimum atomic E-state index is -4.75. The number of carbonyl (C=O) groups excluding carboxylic acids is 1. The van der Waals surface area contributed by atoms with Crippen LogP contribution in [0.15, 0.2) is 59.5 Å². The van der Waals surface area contributed by atoms with Gasteiger partial charge < -0.3 is 5.32 Å². The van der Waals surface area contributed by atoms with Crippen molar-refractivity contribution >= 4 is 38.9 Å². The van der Waals surface area contributed by atoms with Crippen molar-refractivity contribution in [2.24, 2.45) is 0 Å². The zero-order valence-corrected chi connectivity index (χ0v) is 19.4. The first-order valence-electron chi connectivity index (χ1n) is 9.67.